The zero-order valence-corrected chi connectivity index (χ0v) is 14.0. The average molecular weight is 345 g/mol. The summed E-state index contributed by atoms with van der Waals surface area (Å²) in [6, 6.07) is 17.7. The third-order valence-corrected chi connectivity index (χ3v) is 3.98. The second-order valence-corrected chi connectivity index (χ2v) is 5.63. The minimum absolute atomic E-state index is 0.145. The molecule has 128 valence electrons. The third kappa shape index (κ3) is 3.02. The van der Waals surface area contributed by atoms with Crippen LogP contribution in [0.3, 0.4) is 0 Å². The monoisotopic (exact) mass is 345 g/mol. The smallest absolute Gasteiger partial charge is 0.374 e. The highest BCUT2D eigenvalue weighted by atomic mass is 16.5. The van der Waals surface area contributed by atoms with Crippen LogP contribution in [0.2, 0.25) is 0 Å². The Labute approximate surface area is 149 Å². The molecular weight excluding hydrogens is 330 g/mol. The van der Waals surface area contributed by atoms with Crippen molar-refractivity contribution in [3.63, 3.8) is 0 Å². The Bertz CT molecular complexity index is 1090. The van der Waals surface area contributed by atoms with Gasteiger partial charge in [-0.1, -0.05) is 36.4 Å². The lowest BCUT2D eigenvalue weighted by Crippen LogP contribution is -2.00. The predicted molar refractivity (Wildman–Crippen MR) is 98.4 cm³/mol. The van der Waals surface area contributed by atoms with Gasteiger partial charge in [-0.2, -0.15) is 0 Å². The van der Waals surface area contributed by atoms with Gasteiger partial charge in [0.05, 0.1) is 13.4 Å². The van der Waals surface area contributed by atoms with Crippen LogP contribution in [-0.4, -0.2) is 18.1 Å². The molecule has 26 heavy (non-hydrogen) atoms. The Morgan fingerprint density at radius 3 is 2.69 bits per heavy atom. The van der Waals surface area contributed by atoms with Crippen LogP contribution in [0.4, 0.5) is 0 Å². The molecular formula is C21H15NO4. The van der Waals surface area contributed by atoms with E-state index >= 15 is 0 Å². The van der Waals surface area contributed by atoms with E-state index in [2.05, 4.69) is 21.9 Å². The Balaban J connectivity index is 1.64. The molecule has 0 spiro atoms. The number of oxazole rings is 1. The van der Waals surface area contributed by atoms with Gasteiger partial charge in [0, 0.05) is 11.6 Å². The number of hydrogen-bond acceptors (Lipinski definition) is 5. The van der Waals surface area contributed by atoms with Gasteiger partial charge in [-0.25, -0.2) is 9.78 Å². The molecule has 0 aliphatic heterocycles. The zero-order chi connectivity index (χ0) is 17.9. The average Bonchev–Trinajstić information content (AvgIpc) is 3.32. The van der Waals surface area contributed by atoms with Gasteiger partial charge < -0.3 is 13.6 Å². The van der Waals surface area contributed by atoms with Crippen molar-refractivity contribution in [1.29, 1.82) is 0 Å². The van der Waals surface area contributed by atoms with Crippen molar-refractivity contribution in [1.82, 2.24) is 4.98 Å². The highest BCUT2D eigenvalue weighted by Crippen LogP contribution is 2.25. The fraction of sp³-hybridized carbons (Fsp3) is 0.0476. The van der Waals surface area contributed by atoms with Crippen molar-refractivity contribution in [2.24, 2.45) is 0 Å². The Kier molecular flexibility index (Phi) is 4.11. The first kappa shape index (κ1) is 15.9. The lowest BCUT2D eigenvalue weighted by molar-refractivity contribution is 0.0565. The fourth-order valence-corrected chi connectivity index (χ4v) is 2.70. The number of benzene rings is 2. The number of ether oxygens (including phenoxy) is 1. The van der Waals surface area contributed by atoms with Crippen molar-refractivity contribution in [3.05, 3.63) is 78.1 Å². The van der Waals surface area contributed by atoms with Crippen LogP contribution in [0, 0.1) is 0 Å². The lowest BCUT2D eigenvalue weighted by Gasteiger charge is -1.99. The van der Waals surface area contributed by atoms with Crippen molar-refractivity contribution < 1.29 is 18.4 Å². The van der Waals surface area contributed by atoms with Gasteiger partial charge in [-0.05, 0) is 35.4 Å². The second kappa shape index (κ2) is 6.72. The summed E-state index contributed by atoms with van der Waals surface area (Å²) in [5.41, 5.74) is 4.26. The van der Waals surface area contributed by atoms with Crippen molar-refractivity contribution in [3.8, 4) is 11.1 Å². The highest BCUT2D eigenvalue weighted by molar-refractivity contribution is 5.92. The van der Waals surface area contributed by atoms with E-state index in [1.54, 1.807) is 18.2 Å². The first-order valence-corrected chi connectivity index (χ1v) is 8.04. The molecule has 0 saturated heterocycles. The Morgan fingerprint density at radius 1 is 1.04 bits per heavy atom. The summed E-state index contributed by atoms with van der Waals surface area (Å²) in [4.78, 5) is 16.1. The maximum Gasteiger partial charge on any atom is 0.374 e. The summed E-state index contributed by atoms with van der Waals surface area (Å²) < 4.78 is 15.6. The van der Waals surface area contributed by atoms with Crippen molar-refractivity contribution in [2.45, 2.75) is 0 Å². The number of methoxy groups -OCH3 is 1. The SMILES string of the molecule is COC(=O)c1occc1/C=C/c1nc2cc(-c3ccccc3)ccc2o1. The van der Waals surface area contributed by atoms with E-state index < -0.39 is 5.97 Å². The molecule has 4 aromatic rings. The Morgan fingerprint density at radius 2 is 1.88 bits per heavy atom. The molecule has 0 amide bonds. The van der Waals surface area contributed by atoms with Crippen LogP contribution in [0.15, 0.2) is 69.7 Å². The molecule has 4 rings (SSSR count). The number of esters is 1. The molecule has 0 atom stereocenters. The van der Waals surface area contributed by atoms with E-state index in [4.69, 9.17) is 8.83 Å². The van der Waals surface area contributed by atoms with Gasteiger partial charge in [0.1, 0.15) is 5.52 Å². The third-order valence-electron chi connectivity index (χ3n) is 3.98. The summed E-state index contributed by atoms with van der Waals surface area (Å²) in [7, 11) is 1.31. The molecule has 0 unspecified atom stereocenters. The van der Waals surface area contributed by atoms with Crippen LogP contribution < -0.4 is 0 Å². The number of furan rings is 1. The normalized spacial score (nSPS) is 11.3. The number of rotatable bonds is 4. The van der Waals surface area contributed by atoms with Crippen LogP contribution in [0.25, 0.3) is 34.4 Å². The minimum Gasteiger partial charge on any atom is -0.463 e. The molecule has 5 heteroatoms. The number of carbonyl (C=O) groups is 1. The highest BCUT2D eigenvalue weighted by Gasteiger charge is 2.14. The standard InChI is InChI=1S/C21H15NO4/c1-24-21(23)20-15(11-12-25-20)8-10-19-22-17-13-16(7-9-18(17)26-19)14-5-3-2-4-6-14/h2-13H,1H3/b10-8+. The summed E-state index contributed by atoms with van der Waals surface area (Å²) >= 11 is 0. The molecule has 2 aromatic carbocycles. The molecule has 0 saturated carbocycles. The molecule has 0 fully saturated rings. The molecule has 0 aliphatic carbocycles. The number of carbonyl (C=O) groups excluding carboxylic acids is 1. The van der Waals surface area contributed by atoms with Gasteiger partial charge >= 0.3 is 5.97 Å². The van der Waals surface area contributed by atoms with E-state index in [-0.39, 0.29) is 5.76 Å². The maximum absolute atomic E-state index is 11.6. The van der Waals surface area contributed by atoms with Crippen LogP contribution in [0.1, 0.15) is 22.0 Å². The van der Waals surface area contributed by atoms with Crippen LogP contribution in [-0.2, 0) is 4.74 Å². The molecule has 5 nitrogen and oxygen atoms in total. The maximum atomic E-state index is 11.6. The van der Waals surface area contributed by atoms with Crippen molar-refractivity contribution in [2.75, 3.05) is 7.11 Å². The van der Waals surface area contributed by atoms with E-state index in [0.29, 0.717) is 17.0 Å². The van der Waals surface area contributed by atoms with E-state index in [0.717, 1.165) is 16.6 Å². The predicted octanol–water partition coefficient (Wildman–Crippen LogP) is 5.04. The van der Waals surface area contributed by atoms with Gasteiger partial charge in [0.15, 0.2) is 5.58 Å². The molecule has 2 aromatic heterocycles. The zero-order valence-electron chi connectivity index (χ0n) is 14.0. The number of nitrogens with zero attached hydrogens (tertiary/aromatic N) is 1. The molecule has 0 radical (unpaired) electrons. The van der Waals surface area contributed by atoms with Crippen LogP contribution in [0.5, 0.6) is 0 Å². The van der Waals surface area contributed by atoms with E-state index in [1.165, 1.54) is 13.4 Å². The summed E-state index contributed by atoms with van der Waals surface area (Å²) in [5.74, 6) is 0.0631. The summed E-state index contributed by atoms with van der Waals surface area (Å²) in [6.45, 7) is 0. The van der Waals surface area contributed by atoms with Crippen molar-refractivity contribution >= 4 is 29.2 Å². The lowest BCUT2D eigenvalue weighted by atomic mass is 10.1. The second-order valence-electron chi connectivity index (χ2n) is 5.63. The quantitative estimate of drug-likeness (QED) is 0.485. The van der Waals surface area contributed by atoms with Gasteiger partial charge in [-0.15, -0.1) is 0 Å². The largest absolute Gasteiger partial charge is 0.463 e. The van der Waals surface area contributed by atoms with Crippen LogP contribution >= 0.6 is 0 Å². The molecule has 2 heterocycles. The molecule has 0 aliphatic rings. The Hall–Kier alpha value is -3.60. The first-order chi connectivity index (χ1) is 12.7. The molecule has 0 bridgehead atoms. The number of fused-ring (bicyclic) bond motifs is 1. The number of aromatic nitrogens is 1. The minimum atomic E-state index is -0.528. The van der Waals surface area contributed by atoms with Gasteiger partial charge in [0.25, 0.3) is 0 Å². The topological polar surface area (TPSA) is 65.5 Å². The fourth-order valence-electron chi connectivity index (χ4n) is 2.70. The van der Waals surface area contributed by atoms with Gasteiger partial charge in [-0.3, -0.25) is 0 Å². The molecule has 0 N–H and O–H groups in total. The summed E-state index contributed by atoms with van der Waals surface area (Å²) in [5, 5.41) is 0. The van der Waals surface area contributed by atoms with Gasteiger partial charge in [0.2, 0.25) is 11.7 Å². The van der Waals surface area contributed by atoms with E-state index in [1.807, 2.05) is 36.4 Å². The first-order valence-electron chi connectivity index (χ1n) is 8.04. The summed E-state index contributed by atoms with van der Waals surface area (Å²) in [6.07, 6.45) is 4.84. The van der Waals surface area contributed by atoms with E-state index in [9.17, 15) is 4.79 Å². The number of hydrogen-bond donors (Lipinski definition) is 0.